The van der Waals surface area contributed by atoms with Gasteiger partial charge in [-0.05, 0) is 49.9 Å². The van der Waals surface area contributed by atoms with Crippen LogP contribution < -0.4 is 9.64 Å². The summed E-state index contributed by atoms with van der Waals surface area (Å²) < 4.78 is 11.1. The summed E-state index contributed by atoms with van der Waals surface area (Å²) in [5.74, 6) is 0.904. The molecule has 0 saturated carbocycles. The van der Waals surface area contributed by atoms with Gasteiger partial charge in [-0.25, -0.2) is 0 Å². The Morgan fingerprint density at radius 3 is 2.31 bits per heavy atom. The minimum Gasteiger partial charge on any atom is -0.497 e. The van der Waals surface area contributed by atoms with Gasteiger partial charge in [0.1, 0.15) is 5.75 Å². The maximum absolute atomic E-state index is 10.3. The molecule has 0 spiro atoms. The first-order valence-electron chi connectivity index (χ1n) is 10.0. The van der Waals surface area contributed by atoms with Crippen molar-refractivity contribution in [3.8, 4) is 5.75 Å². The molecule has 3 rings (SSSR count). The van der Waals surface area contributed by atoms with Crippen molar-refractivity contribution in [1.29, 1.82) is 0 Å². The number of piperazine rings is 1. The maximum atomic E-state index is 10.3. The average Bonchev–Trinajstić information content (AvgIpc) is 3.03. The monoisotopic (exact) mass is 362 g/mol. The molecule has 1 aromatic carbocycles. The molecule has 1 aromatic rings. The number of benzene rings is 1. The zero-order valence-electron chi connectivity index (χ0n) is 16.5. The topological polar surface area (TPSA) is 45.2 Å². The molecule has 2 aliphatic heterocycles. The predicted octanol–water partition coefficient (Wildman–Crippen LogP) is 3.12. The number of aliphatic hydroxyl groups excluding tert-OH is 1. The standard InChI is InChI=1S/C21H34N2O3/c1-4-21(5-2)16-19(26-20(21)24)10-11-22-12-14-23(15-13-22)17-6-8-18(25-3)9-7-17/h6-9,19-20,24H,4-5,10-16H2,1-3H3. The molecule has 1 N–H and O–H groups in total. The van der Waals surface area contributed by atoms with Gasteiger partial charge in [-0.1, -0.05) is 13.8 Å². The van der Waals surface area contributed by atoms with Crippen LogP contribution in [0, 0.1) is 5.41 Å². The van der Waals surface area contributed by atoms with Crippen LogP contribution in [0.3, 0.4) is 0 Å². The molecule has 5 heteroatoms. The molecule has 146 valence electrons. The van der Waals surface area contributed by atoms with Crippen molar-refractivity contribution < 1.29 is 14.6 Å². The molecule has 2 aliphatic rings. The molecule has 2 saturated heterocycles. The van der Waals surface area contributed by atoms with Gasteiger partial charge in [0.15, 0.2) is 6.29 Å². The first kappa shape index (κ1) is 19.5. The molecule has 2 fully saturated rings. The van der Waals surface area contributed by atoms with E-state index in [-0.39, 0.29) is 11.5 Å². The number of hydrogen-bond acceptors (Lipinski definition) is 5. The first-order valence-corrected chi connectivity index (χ1v) is 10.0. The fourth-order valence-corrected chi connectivity index (χ4v) is 4.34. The minimum absolute atomic E-state index is 0.0300. The summed E-state index contributed by atoms with van der Waals surface area (Å²) in [6.45, 7) is 9.63. The number of aliphatic hydroxyl groups is 1. The highest BCUT2D eigenvalue weighted by Crippen LogP contribution is 2.44. The van der Waals surface area contributed by atoms with Gasteiger partial charge in [0, 0.05) is 43.8 Å². The molecule has 0 bridgehead atoms. The van der Waals surface area contributed by atoms with E-state index in [1.54, 1.807) is 7.11 Å². The van der Waals surface area contributed by atoms with Gasteiger partial charge in [-0.15, -0.1) is 0 Å². The molecular weight excluding hydrogens is 328 g/mol. The second-order valence-corrected chi connectivity index (χ2v) is 7.70. The normalized spacial score (nSPS) is 26.2. The highest BCUT2D eigenvalue weighted by molar-refractivity contribution is 5.49. The summed E-state index contributed by atoms with van der Waals surface area (Å²) in [6, 6.07) is 8.32. The van der Waals surface area contributed by atoms with E-state index in [0.717, 1.165) is 64.2 Å². The van der Waals surface area contributed by atoms with E-state index in [2.05, 4.69) is 35.8 Å². The van der Waals surface area contributed by atoms with Crippen LogP contribution in [0.25, 0.3) is 0 Å². The van der Waals surface area contributed by atoms with Gasteiger partial charge in [0.25, 0.3) is 0 Å². The van der Waals surface area contributed by atoms with Crippen molar-refractivity contribution in [2.45, 2.75) is 51.9 Å². The van der Waals surface area contributed by atoms with Crippen LogP contribution in [-0.4, -0.2) is 62.2 Å². The van der Waals surface area contributed by atoms with Gasteiger partial charge >= 0.3 is 0 Å². The van der Waals surface area contributed by atoms with Crippen LogP contribution in [0.5, 0.6) is 5.75 Å². The van der Waals surface area contributed by atoms with Crippen molar-refractivity contribution in [3.05, 3.63) is 24.3 Å². The van der Waals surface area contributed by atoms with Crippen molar-refractivity contribution in [2.24, 2.45) is 5.41 Å². The first-order chi connectivity index (χ1) is 12.6. The quantitative estimate of drug-likeness (QED) is 0.807. The predicted molar refractivity (Wildman–Crippen MR) is 105 cm³/mol. The Bertz CT molecular complexity index is 551. The van der Waals surface area contributed by atoms with Gasteiger partial charge in [0.2, 0.25) is 0 Å². The summed E-state index contributed by atoms with van der Waals surface area (Å²) in [6.07, 6.45) is 3.59. The Kier molecular flexibility index (Phi) is 6.43. The number of methoxy groups -OCH3 is 1. The molecule has 26 heavy (non-hydrogen) atoms. The highest BCUT2D eigenvalue weighted by atomic mass is 16.6. The number of nitrogens with zero attached hydrogens (tertiary/aromatic N) is 2. The largest absolute Gasteiger partial charge is 0.497 e. The van der Waals surface area contributed by atoms with E-state index >= 15 is 0 Å². The third-order valence-electron chi connectivity index (χ3n) is 6.46. The van der Waals surface area contributed by atoms with Crippen LogP contribution in [0.15, 0.2) is 24.3 Å². The molecule has 2 heterocycles. The van der Waals surface area contributed by atoms with Crippen LogP contribution >= 0.6 is 0 Å². The molecule has 0 amide bonds. The fourth-order valence-electron chi connectivity index (χ4n) is 4.34. The number of anilines is 1. The molecule has 5 nitrogen and oxygen atoms in total. The second kappa shape index (κ2) is 8.59. The Morgan fingerprint density at radius 1 is 1.12 bits per heavy atom. The molecule has 0 radical (unpaired) electrons. The third-order valence-corrected chi connectivity index (χ3v) is 6.46. The van der Waals surface area contributed by atoms with E-state index in [9.17, 15) is 5.11 Å². The summed E-state index contributed by atoms with van der Waals surface area (Å²) in [7, 11) is 1.70. The van der Waals surface area contributed by atoms with Gasteiger partial charge in [-0.3, -0.25) is 4.90 Å². The Balaban J connectivity index is 1.43. The molecule has 0 aromatic heterocycles. The van der Waals surface area contributed by atoms with E-state index < -0.39 is 6.29 Å². The lowest BCUT2D eigenvalue weighted by Gasteiger charge is -2.36. The number of rotatable bonds is 7. The second-order valence-electron chi connectivity index (χ2n) is 7.70. The molecule has 2 atom stereocenters. The Morgan fingerprint density at radius 2 is 1.77 bits per heavy atom. The highest BCUT2D eigenvalue weighted by Gasteiger charge is 2.45. The van der Waals surface area contributed by atoms with Gasteiger partial charge in [0.05, 0.1) is 13.2 Å². The zero-order chi connectivity index (χ0) is 18.6. The molecule has 2 unspecified atom stereocenters. The lowest BCUT2D eigenvalue weighted by Crippen LogP contribution is -2.47. The van der Waals surface area contributed by atoms with E-state index in [1.807, 2.05) is 12.1 Å². The van der Waals surface area contributed by atoms with E-state index in [4.69, 9.17) is 9.47 Å². The lowest BCUT2D eigenvalue weighted by atomic mass is 9.78. The van der Waals surface area contributed by atoms with E-state index in [0.29, 0.717) is 0 Å². The number of hydrogen-bond donors (Lipinski definition) is 1. The van der Waals surface area contributed by atoms with Crippen molar-refractivity contribution >= 4 is 5.69 Å². The third kappa shape index (κ3) is 4.16. The number of ether oxygens (including phenoxy) is 2. The van der Waals surface area contributed by atoms with Crippen LogP contribution in [-0.2, 0) is 4.74 Å². The summed E-state index contributed by atoms with van der Waals surface area (Å²) >= 11 is 0. The SMILES string of the molecule is CCC1(CC)CC(CCN2CCN(c3ccc(OC)cc3)CC2)OC1O. The molecule has 0 aliphatic carbocycles. The zero-order valence-corrected chi connectivity index (χ0v) is 16.5. The summed E-state index contributed by atoms with van der Waals surface area (Å²) in [5.41, 5.74) is 1.24. The van der Waals surface area contributed by atoms with Crippen molar-refractivity contribution in [1.82, 2.24) is 4.90 Å². The maximum Gasteiger partial charge on any atom is 0.160 e. The Labute approximate surface area is 157 Å². The average molecular weight is 363 g/mol. The Hall–Kier alpha value is -1.30. The van der Waals surface area contributed by atoms with Crippen LogP contribution in [0.4, 0.5) is 5.69 Å². The van der Waals surface area contributed by atoms with Crippen molar-refractivity contribution in [2.75, 3.05) is 44.7 Å². The van der Waals surface area contributed by atoms with Crippen molar-refractivity contribution in [3.63, 3.8) is 0 Å². The summed E-state index contributed by atoms with van der Waals surface area (Å²) in [5, 5.41) is 10.3. The summed E-state index contributed by atoms with van der Waals surface area (Å²) in [4.78, 5) is 4.96. The molecular formula is C21H34N2O3. The minimum atomic E-state index is -0.589. The van der Waals surface area contributed by atoms with Gasteiger partial charge < -0.3 is 19.5 Å². The van der Waals surface area contributed by atoms with Crippen LogP contribution in [0.2, 0.25) is 0 Å². The fraction of sp³-hybridized carbons (Fsp3) is 0.714. The smallest absolute Gasteiger partial charge is 0.160 e. The van der Waals surface area contributed by atoms with Gasteiger partial charge in [-0.2, -0.15) is 0 Å². The van der Waals surface area contributed by atoms with Crippen LogP contribution in [0.1, 0.15) is 39.5 Å². The van der Waals surface area contributed by atoms with E-state index in [1.165, 1.54) is 5.69 Å². The lowest BCUT2D eigenvalue weighted by molar-refractivity contribution is -0.138.